The third-order valence-electron chi connectivity index (χ3n) is 3.45. The van der Waals surface area contributed by atoms with Gasteiger partial charge in [-0.05, 0) is 48.9 Å². The van der Waals surface area contributed by atoms with Crippen molar-refractivity contribution >= 4 is 29.2 Å². The smallest absolute Gasteiger partial charge is 0.337 e. The Morgan fingerprint density at radius 2 is 1.88 bits per heavy atom. The molecule has 2 rings (SSSR count). The van der Waals surface area contributed by atoms with E-state index in [4.69, 9.17) is 11.6 Å². The summed E-state index contributed by atoms with van der Waals surface area (Å²) in [6, 6.07) is 10.7. The fraction of sp³-hybridized carbons (Fsp3) is 0.222. The summed E-state index contributed by atoms with van der Waals surface area (Å²) in [6.45, 7) is 0.648. The van der Waals surface area contributed by atoms with E-state index in [0.717, 1.165) is 5.56 Å². The number of methoxy groups -OCH3 is 1. The summed E-state index contributed by atoms with van der Waals surface area (Å²) in [5.41, 5.74) is 1.62. The molecule has 132 valence electrons. The lowest BCUT2D eigenvalue weighted by atomic mass is 10.1. The number of ether oxygens (including phenoxy) is 1. The number of amides is 1. The van der Waals surface area contributed by atoms with Crippen molar-refractivity contribution in [3.8, 4) is 0 Å². The highest BCUT2D eigenvalue weighted by Gasteiger charge is 2.11. The van der Waals surface area contributed by atoms with E-state index in [1.807, 2.05) is 0 Å². The third-order valence-corrected chi connectivity index (χ3v) is 3.78. The number of benzene rings is 2. The molecule has 0 aliphatic heterocycles. The summed E-state index contributed by atoms with van der Waals surface area (Å²) in [5, 5.41) is 5.97. The summed E-state index contributed by atoms with van der Waals surface area (Å²) in [5.74, 6) is -1.07. The second-order valence-corrected chi connectivity index (χ2v) is 5.69. The molecule has 2 aromatic carbocycles. The summed E-state index contributed by atoms with van der Waals surface area (Å²) in [4.78, 5) is 23.5. The van der Waals surface area contributed by atoms with E-state index in [2.05, 4.69) is 15.4 Å². The molecule has 0 aromatic heterocycles. The van der Waals surface area contributed by atoms with Gasteiger partial charge in [-0.15, -0.1) is 0 Å². The van der Waals surface area contributed by atoms with Gasteiger partial charge in [0.2, 0.25) is 5.91 Å². The van der Waals surface area contributed by atoms with Crippen LogP contribution < -0.4 is 10.6 Å². The first-order valence-corrected chi connectivity index (χ1v) is 8.00. The molecule has 25 heavy (non-hydrogen) atoms. The third kappa shape index (κ3) is 5.85. The van der Waals surface area contributed by atoms with Gasteiger partial charge in [-0.25, -0.2) is 9.18 Å². The number of carbonyl (C=O) groups is 2. The molecule has 0 radical (unpaired) electrons. The number of rotatable bonds is 7. The molecule has 0 unspecified atom stereocenters. The van der Waals surface area contributed by atoms with Crippen LogP contribution in [0.5, 0.6) is 0 Å². The normalized spacial score (nSPS) is 10.4. The quantitative estimate of drug-likeness (QED) is 0.585. The Kier molecular flexibility index (Phi) is 6.91. The zero-order valence-corrected chi connectivity index (χ0v) is 14.4. The molecule has 2 aromatic rings. The van der Waals surface area contributed by atoms with E-state index in [-0.39, 0.29) is 18.3 Å². The second-order valence-electron chi connectivity index (χ2n) is 5.29. The zero-order valence-electron chi connectivity index (χ0n) is 13.6. The molecule has 7 heteroatoms. The van der Waals surface area contributed by atoms with Crippen LogP contribution in [0.2, 0.25) is 5.02 Å². The number of carbonyl (C=O) groups excluding carboxylic acids is 2. The molecule has 2 N–H and O–H groups in total. The highest BCUT2D eigenvalue weighted by Crippen LogP contribution is 2.23. The number of esters is 1. The van der Waals surface area contributed by atoms with Crippen LogP contribution in [-0.4, -0.2) is 32.1 Å². The molecule has 0 aliphatic carbocycles. The van der Waals surface area contributed by atoms with Crippen molar-refractivity contribution in [1.82, 2.24) is 5.32 Å². The van der Waals surface area contributed by atoms with Crippen LogP contribution in [0.25, 0.3) is 0 Å². The zero-order chi connectivity index (χ0) is 18.2. The van der Waals surface area contributed by atoms with Gasteiger partial charge in [-0.2, -0.15) is 0 Å². The Morgan fingerprint density at radius 3 is 2.56 bits per heavy atom. The van der Waals surface area contributed by atoms with Crippen molar-refractivity contribution in [2.75, 3.05) is 25.5 Å². The van der Waals surface area contributed by atoms with Crippen LogP contribution in [0.1, 0.15) is 15.9 Å². The van der Waals surface area contributed by atoms with Gasteiger partial charge < -0.3 is 15.4 Å². The van der Waals surface area contributed by atoms with Gasteiger partial charge in [0, 0.05) is 0 Å². The van der Waals surface area contributed by atoms with Crippen molar-refractivity contribution in [2.45, 2.75) is 6.42 Å². The molecule has 5 nitrogen and oxygen atoms in total. The van der Waals surface area contributed by atoms with Crippen molar-refractivity contribution in [3.63, 3.8) is 0 Å². The van der Waals surface area contributed by atoms with Crippen LogP contribution in [0.4, 0.5) is 10.1 Å². The van der Waals surface area contributed by atoms with E-state index in [1.165, 1.54) is 37.4 Å². The number of nitrogens with one attached hydrogen (secondary N) is 2. The van der Waals surface area contributed by atoms with E-state index in [9.17, 15) is 14.0 Å². The molecular formula is C18H18ClFN2O3. The van der Waals surface area contributed by atoms with E-state index >= 15 is 0 Å². The van der Waals surface area contributed by atoms with Crippen LogP contribution >= 0.6 is 11.6 Å². The molecular weight excluding hydrogens is 347 g/mol. The highest BCUT2D eigenvalue weighted by molar-refractivity contribution is 6.33. The van der Waals surface area contributed by atoms with Crippen molar-refractivity contribution in [1.29, 1.82) is 0 Å². The minimum Gasteiger partial charge on any atom is -0.465 e. The lowest BCUT2D eigenvalue weighted by Gasteiger charge is -2.10. The largest absolute Gasteiger partial charge is 0.465 e. The summed E-state index contributed by atoms with van der Waals surface area (Å²) in [6.07, 6.45) is 0.673. The van der Waals surface area contributed by atoms with E-state index in [1.54, 1.807) is 12.1 Å². The number of hydrogen-bond donors (Lipinski definition) is 2. The topological polar surface area (TPSA) is 67.4 Å². The number of hydrogen-bond acceptors (Lipinski definition) is 4. The Balaban J connectivity index is 1.81. The minimum absolute atomic E-state index is 0.0833. The highest BCUT2D eigenvalue weighted by atomic mass is 35.5. The first kappa shape index (κ1) is 18.9. The molecule has 0 saturated carbocycles. The van der Waals surface area contributed by atoms with Gasteiger partial charge >= 0.3 is 5.97 Å². The Morgan fingerprint density at radius 1 is 1.16 bits per heavy atom. The lowest BCUT2D eigenvalue weighted by molar-refractivity contribution is -0.115. The summed E-state index contributed by atoms with van der Waals surface area (Å²) in [7, 11) is 1.28. The Bertz CT molecular complexity index is 750. The fourth-order valence-electron chi connectivity index (χ4n) is 2.15. The maximum atomic E-state index is 12.8. The summed E-state index contributed by atoms with van der Waals surface area (Å²) >= 11 is 6.02. The molecule has 0 saturated heterocycles. The van der Waals surface area contributed by atoms with Crippen LogP contribution in [0.15, 0.2) is 42.5 Å². The van der Waals surface area contributed by atoms with Gasteiger partial charge in [0.25, 0.3) is 0 Å². The minimum atomic E-state index is -0.510. The molecule has 0 aliphatic rings. The fourth-order valence-corrected chi connectivity index (χ4v) is 2.31. The Hall–Kier alpha value is -2.44. The van der Waals surface area contributed by atoms with Crippen molar-refractivity contribution < 1.29 is 18.7 Å². The maximum Gasteiger partial charge on any atom is 0.337 e. The lowest BCUT2D eigenvalue weighted by Crippen LogP contribution is -2.29. The van der Waals surface area contributed by atoms with Crippen molar-refractivity contribution in [2.24, 2.45) is 0 Å². The van der Waals surface area contributed by atoms with Crippen molar-refractivity contribution in [3.05, 3.63) is 64.4 Å². The van der Waals surface area contributed by atoms with Gasteiger partial charge in [-0.3, -0.25) is 4.79 Å². The standard InChI is InChI=1S/C18H18ClFN2O3/c1-25-18(24)13-4-7-15(19)16(10-13)22-17(23)11-21-9-8-12-2-5-14(20)6-3-12/h2-7,10,21H,8-9,11H2,1H3,(H,22,23). The molecule has 0 bridgehead atoms. The van der Waals surface area contributed by atoms with Gasteiger partial charge in [-0.1, -0.05) is 23.7 Å². The SMILES string of the molecule is COC(=O)c1ccc(Cl)c(NC(=O)CNCCc2ccc(F)cc2)c1. The average Bonchev–Trinajstić information content (AvgIpc) is 2.61. The second kappa shape index (κ2) is 9.15. The first-order valence-electron chi connectivity index (χ1n) is 7.62. The first-order chi connectivity index (χ1) is 12.0. The van der Waals surface area contributed by atoms with Crippen LogP contribution in [0.3, 0.4) is 0 Å². The number of anilines is 1. The van der Waals surface area contributed by atoms with Crippen LogP contribution in [0, 0.1) is 5.82 Å². The molecule has 0 fully saturated rings. The predicted molar refractivity (Wildman–Crippen MR) is 94.4 cm³/mol. The average molecular weight is 365 g/mol. The Labute approximate surface area is 150 Å². The number of halogens is 2. The molecule has 1 amide bonds. The van der Waals surface area contributed by atoms with Gasteiger partial charge in [0.15, 0.2) is 0 Å². The van der Waals surface area contributed by atoms with Crippen LogP contribution in [-0.2, 0) is 16.0 Å². The van der Waals surface area contributed by atoms with Gasteiger partial charge in [0.1, 0.15) is 5.82 Å². The molecule has 0 atom stereocenters. The van der Waals surface area contributed by atoms with E-state index < -0.39 is 5.97 Å². The van der Waals surface area contributed by atoms with Gasteiger partial charge in [0.05, 0.1) is 29.9 Å². The maximum absolute atomic E-state index is 12.8. The monoisotopic (exact) mass is 364 g/mol. The molecule has 0 heterocycles. The molecule has 0 spiro atoms. The summed E-state index contributed by atoms with van der Waals surface area (Å²) < 4.78 is 17.4. The predicted octanol–water partition coefficient (Wildman–Crippen LogP) is 3.04. The van der Waals surface area contributed by atoms with E-state index in [0.29, 0.717) is 29.2 Å².